The summed E-state index contributed by atoms with van der Waals surface area (Å²) in [4.78, 5) is 14.4. The largest absolute Gasteiger partial charge is 0.281 e. The third-order valence-corrected chi connectivity index (χ3v) is 5.45. The van der Waals surface area contributed by atoms with Crippen LogP contribution in [0.5, 0.6) is 0 Å². The van der Waals surface area contributed by atoms with Gasteiger partial charge in [-0.15, -0.1) is 11.3 Å². The molecule has 3 nitrogen and oxygen atoms in total. The Morgan fingerprint density at radius 3 is 2.45 bits per heavy atom. The quantitative estimate of drug-likeness (QED) is 0.647. The second-order valence-corrected chi connectivity index (χ2v) is 6.94. The summed E-state index contributed by atoms with van der Waals surface area (Å²) < 4.78 is 0. The lowest BCUT2D eigenvalue weighted by atomic mass is 9.99. The van der Waals surface area contributed by atoms with E-state index in [0.29, 0.717) is 0 Å². The number of fused-ring (bicyclic) bond motifs is 1. The zero-order chi connectivity index (χ0) is 13.8. The van der Waals surface area contributed by atoms with Crippen molar-refractivity contribution in [1.29, 1.82) is 0 Å². The summed E-state index contributed by atoms with van der Waals surface area (Å²) in [5, 5.41) is 4.35. The van der Waals surface area contributed by atoms with Gasteiger partial charge >= 0.3 is 0 Å². The fourth-order valence-electron chi connectivity index (χ4n) is 3.04. The van der Waals surface area contributed by atoms with E-state index in [-0.39, 0.29) is 5.91 Å². The maximum Gasteiger partial charge on any atom is 0.281 e. The van der Waals surface area contributed by atoms with Gasteiger partial charge in [-0.1, -0.05) is 12.8 Å². The van der Waals surface area contributed by atoms with Crippen molar-refractivity contribution >= 4 is 23.0 Å². The molecule has 0 bridgehead atoms. The molecule has 0 radical (unpaired) electrons. The molecule has 1 heterocycles. The molecule has 0 atom stereocenters. The molecule has 1 N–H and O–H groups in total. The lowest BCUT2D eigenvalue weighted by molar-refractivity contribution is 0.0958. The van der Waals surface area contributed by atoms with Gasteiger partial charge in [0.1, 0.15) is 0 Å². The molecular weight excluding hydrogens is 268 g/mol. The van der Waals surface area contributed by atoms with Crippen LogP contribution in [0.25, 0.3) is 0 Å². The van der Waals surface area contributed by atoms with E-state index in [1.165, 1.54) is 49.0 Å². The van der Waals surface area contributed by atoms with E-state index in [9.17, 15) is 4.79 Å². The molecule has 0 aromatic carbocycles. The first-order valence-corrected chi connectivity index (χ1v) is 8.62. The molecule has 1 amide bonds. The number of amides is 1. The highest BCUT2D eigenvalue weighted by Crippen LogP contribution is 2.29. The van der Waals surface area contributed by atoms with Crippen molar-refractivity contribution in [2.75, 3.05) is 0 Å². The van der Waals surface area contributed by atoms with Crippen molar-refractivity contribution in [3.63, 3.8) is 0 Å². The van der Waals surface area contributed by atoms with Gasteiger partial charge in [-0.05, 0) is 63.0 Å². The lowest BCUT2D eigenvalue weighted by Crippen LogP contribution is -2.18. The van der Waals surface area contributed by atoms with E-state index in [1.807, 2.05) is 0 Å². The molecule has 1 aromatic rings. The number of carbonyl (C=O) groups excluding carboxylic acids is 1. The first-order chi connectivity index (χ1) is 9.83. The number of hydrogen-bond acceptors (Lipinski definition) is 3. The van der Waals surface area contributed by atoms with Gasteiger partial charge in [0.2, 0.25) is 0 Å². The Kier molecular flexibility index (Phi) is 4.51. The summed E-state index contributed by atoms with van der Waals surface area (Å²) in [5.41, 5.74) is 5.31. The second kappa shape index (κ2) is 6.53. The maximum atomic E-state index is 12.2. The number of aryl methyl sites for hydroxylation is 2. The van der Waals surface area contributed by atoms with Crippen molar-refractivity contribution in [2.45, 2.75) is 64.2 Å². The van der Waals surface area contributed by atoms with Crippen LogP contribution in [0, 0.1) is 0 Å². The summed E-state index contributed by atoms with van der Waals surface area (Å²) in [6.45, 7) is 0. The van der Waals surface area contributed by atoms with Gasteiger partial charge in [0, 0.05) is 10.6 Å². The summed E-state index contributed by atoms with van der Waals surface area (Å²) >= 11 is 1.65. The van der Waals surface area contributed by atoms with E-state index in [0.717, 1.165) is 36.3 Å². The predicted molar refractivity (Wildman–Crippen MR) is 83.6 cm³/mol. The van der Waals surface area contributed by atoms with Crippen molar-refractivity contribution < 1.29 is 4.79 Å². The lowest BCUT2D eigenvalue weighted by Gasteiger charge is -2.08. The van der Waals surface area contributed by atoms with Gasteiger partial charge in [-0.3, -0.25) is 4.79 Å². The SMILES string of the molecule is O=C(NN=C1CCCCCC1)c1cc2c(s1)CCCC2. The third kappa shape index (κ3) is 3.29. The van der Waals surface area contributed by atoms with E-state index < -0.39 is 0 Å². The number of nitrogens with one attached hydrogen (secondary N) is 1. The smallest absolute Gasteiger partial charge is 0.266 e. The van der Waals surface area contributed by atoms with E-state index in [1.54, 1.807) is 11.3 Å². The monoisotopic (exact) mass is 290 g/mol. The first-order valence-electron chi connectivity index (χ1n) is 7.80. The van der Waals surface area contributed by atoms with Crippen LogP contribution in [0.3, 0.4) is 0 Å². The average molecular weight is 290 g/mol. The minimum atomic E-state index is -0.0267. The second-order valence-electron chi connectivity index (χ2n) is 5.80. The van der Waals surface area contributed by atoms with Gasteiger partial charge in [-0.25, -0.2) is 5.43 Å². The standard InChI is InChI=1S/C16H22N2OS/c19-16(18-17-13-8-3-1-2-4-9-13)15-11-12-7-5-6-10-14(12)20-15/h11H,1-10H2,(H,18,19). The zero-order valence-electron chi connectivity index (χ0n) is 11.9. The Balaban J connectivity index is 1.63. The summed E-state index contributed by atoms with van der Waals surface area (Å²) in [6, 6.07) is 2.07. The summed E-state index contributed by atoms with van der Waals surface area (Å²) in [7, 11) is 0. The molecule has 20 heavy (non-hydrogen) atoms. The maximum absolute atomic E-state index is 12.2. The van der Waals surface area contributed by atoms with Crippen LogP contribution >= 0.6 is 11.3 Å². The third-order valence-electron chi connectivity index (χ3n) is 4.22. The molecule has 108 valence electrons. The first kappa shape index (κ1) is 13.8. The molecule has 2 aliphatic rings. The van der Waals surface area contributed by atoms with Crippen LogP contribution in [0.1, 0.15) is 71.5 Å². The zero-order valence-corrected chi connectivity index (χ0v) is 12.7. The Labute approximate surface area is 124 Å². The van der Waals surface area contributed by atoms with Crippen LogP contribution < -0.4 is 5.43 Å². The molecule has 4 heteroatoms. The fourth-order valence-corrected chi connectivity index (χ4v) is 4.18. The van der Waals surface area contributed by atoms with Crippen molar-refractivity contribution in [3.05, 3.63) is 21.4 Å². The number of hydrazone groups is 1. The minimum Gasteiger partial charge on any atom is -0.266 e. The molecular formula is C16H22N2OS. The normalized spacial score (nSPS) is 19.1. The average Bonchev–Trinajstić information content (AvgIpc) is 2.74. The summed E-state index contributed by atoms with van der Waals surface area (Å²) in [6.07, 6.45) is 11.9. The highest BCUT2D eigenvalue weighted by Gasteiger charge is 2.17. The molecule has 0 aliphatic heterocycles. The Morgan fingerprint density at radius 1 is 1.00 bits per heavy atom. The van der Waals surface area contributed by atoms with Crippen LogP contribution in [0.2, 0.25) is 0 Å². The summed E-state index contributed by atoms with van der Waals surface area (Å²) in [5.74, 6) is -0.0267. The molecule has 0 unspecified atom stereocenters. The predicted octanol–water partition coefficient (Wildman–Crippen LogP) is 4.07. The number of hydrogen-bond donors (Lipinski definition) is 1. The Hall–Kier alpha value is -1.16. The van der Waals surface area contributed by atoms with Crippen LogP contribution in [-0.4, -0.2) is 11.6 Å². The van der Waals surface area contributed by atoms with Crippen LogP contribution in [-0.2, 0) is 12.8 Å². The van der Waals surface area contributed by atoms with E-state index in [4.69, 9.17) is 0 Å². The molecule has 3 rings (SSSR count). The van der Waals surface area contributed by atoms with Gasteiger partial charge < -0.3 is 0 Å². The molecule has 1 aromatic heterocycles. The topological polar surface area (TPSA) is 41.5 Å². The number of thiophene rings is 1. The molecule has 0 spiro atoms. The Morgan fingerprint density at radius 2 is 1.70 bits per heavy atom. The van der Waals surface area contributed by atoms with Gasteiger partial charge in [-0.2, -0.15) is 5.10 Å². The molecule has 0 saturated heterocycles. The molecule has 1 saturated carbocycles. The minimum absolute atomic E-state index is 0.0267. The van der Waals surface area contributed by atoms with Crippen molar-refractivity contribution in [2.24, 2.45) is 5.10 Å². The van der Waals surface area contributed by atoms with E-state index in [2.05, 4.69) is 16.6 Å². The highest BCUT2D eigenvalue weighted by molar-refractivity contribution is 7.14. The molecule has 1 fully saturated rings. The fraction of sp³-hybridized carbons (Fsp3) is 0.625. The van der Waals surface area contributed by atoms with Crippen molar-refractivity contribution in [3.8, 4) is 0 Å². The van der Waals surface area contributed by atoms with Crippen LogP contribution in [0.4, 0.5) is 0 Å². The van der Waals surface area contributed by atoms with Gasteiger partial charge in [0.25, 0.3) is 5.91 Å². The highest BCUT2D eigenvalue weighted by atomic mass is 32.1. The van der Waals surface area contributed by atoms with Crippen molar-refractivity contribution in [1.82, 2.24) is 5.43 Å². The van der Waals surface area contributed by atoms with Crippen LogP contribution in [0.15, 0.2) is 11.2 Å². The number of rotatable bonds is 2. The van der Waals surface area contributed by atoms with Gasteiger partial charge in [0.05, 0.1) is 4.88 Å². The van der Waals surface area contributed by atoms with Gasteiger partial charge in [0.15, 0.2) is 0 Å². The number of carbonyl (C=O) groups is 1. The number of nitrogens with zero attached hydrogens (tertiary/aromatic N) is 1. The Bertz CT molecular complexity index is 485. The van der Waals surface area contributed by atoms with E-state index >= 15 is 0 Å². The molecule has 2 aliphatic carbocycles.